The molecule has 1 unspecified atom stereocenters. The van der Waals surface area contributed by atoms with Crippen molar-refractivity contribution >= 4 is 17.8 Å². The zero-order valence-electron chi connectivity index (χ0n) is 16.7. The number of rotatable bonds is 7. The predicted molar refractivity (Wildman–Crippen MR) is 106 cm³/mol. The standard InChI is InChI=1S/C18H33N7O2/c1-13(2)20-17-21-16(19-6-10-26)22-18(23-17)24-7-4-15(5-8-24)25-9-11-27-14(3)12-25/h13-15,26H,4-12H2,1-3H3,(H2,19,20,21,22,23). The summed E-state index contributed by atoms with van der Waals surface area (Å²) in [6, 6.07) is 0.842. The second-order valence-corrected chi connectivity index (χ2v) is 7.63. The first-order valence-electron chi connectivity index (χ1n) is 10.0. The maximum absolute atomic E-state index is 9.06. The third-order valence-corrected chi connectivity index (χ3v) is 4.97. The molecule has 2 aliphatic heterocycles. The number of hydrogen-bond donors (Lipinski definition) is 3. The molecule has 1 aromatic rings. The minimum Gasteiger partial charge on any atom is -0.395 e. The van der Waals surface area contributed by atoms with Crippen LogP contribution in [-0.4, -0.2) is 89.1 Å². The minimum atomic E-state index is 0.0390. The smallest absolute Gasteiger partial charge is 0.231 e. The number of hydrogen-bond acceptors (Lipinski definition) is 9. The van der Waals surface area contributed by atoms with Crippen LogP contribution >= 0.6 is 0 Å². The topological polar surface area (TPSA) is 98.7 Å². The summed E-state index contributed by atoms with van der Waals surface area (Å²) >= 11 is 0. The molecule has 2 saturated heterocycles. The average Bonchev–Trinajstić information content (AvgIpc) is 2.66. The molecule has 2 fully saturated rings. The van der Waals surface area contributed by atoms with Gasteiger partial charge in [-0.2, -0.15) is 15.0 Å². The molecule has 3 N–H and O–H groups in total. The van der Waals surface area contributed by atoms with E-state index in [9.17, 15) is 0 Å². The number of ether oxygens (including phenoxy) is 1. The monoisotopic (exact) mass is 379 g/mol. The molecule has 0 aromatic carbocycles. The van der Waals surface area contributed by atoms with Crippen molar-refractivity contribution < 1.29 is 9.84 Å². The number of aliphatic hydroxyl groups is 1. The van der Waals surface area contributed by atoms with Crippen molar-refractivity contribution in [3.05, 3.63) is 0 Å². The van der Waals surface area contributed by atoms with E-state index in [0.717, 1.165) is 45.6 Å². The quantitative estimate of drug-likeness (QED) is 0.635. The van der Waals surface area contributed by atoms with Crippen molar-refractivity contribution in [2.75, 3.05) is 61.5 Å². The third kappa shape index (κ3) is 5.63. The van der Waals surface area contributed by atoms with Crippen molar-refractivity contribution in [2.24, 2.45) is 0 Å². The fourth-order valence-electron chi connectivity index (χ4n) is 3.68. The number of piperidine rings is 1. The number of anilines is 3. The molecule has 9 heteroatoms. The van der Waals surface area contributed by atoms with Gasteiger partial charge in [0.15, 0.2) is 0 Å². The molecule has 0 amide bonds. The van der Waals surface area contributed by atoms with Gasteiger partial charge in [0, 0.05) is 44.8 Å². The fraction of sp³-hybridized carbons (Fsp3) is 0.833. The molecule has 0 radical (unpaired) electrons. The van der Waals surface area contributed by atoms with Crippen LogP contribution in [-0.2, 0) is 4.74 Å². The van der Waals surface area contributed by atoms with Gasteiger partial charge in [0.05, 0.1) is 19.3 Å². The highest BCUT2D eigenvalue weighted by Crippen LogP contribution is 2.23. The zero-order chi connectivity index (χ0) is 19.2. The van der Waals surface area contributed by atoms with Gasteiger partial charge in [-0.25, -0.2) is 0 Å². The second-order valence-electron chi connectivity index (χ2n) is 7.63. The largest absolute Gasteiger partial charge is 0.395 e. The van der Waals surface area contributed by atoms with Gasteiger partial charge in [0.2, 0.25) is 17.8 Å². The SMILES string of the molecule is CC(C)Nc1nc(NCCO)nc(N2CCC(N3CCOC(C)C3)CC2)n1. The van der Waals surface area contributed by atoms with Crippen LogP contribution in [0.15, 0.2) is 0 Å². The van der Waals surface area contributed by atoms with E-state index in [1.165, 1.54) is 0 Å². The Balaban J connectivity index is 1.65. The molecule has 3 rings (SSSR count). The van der Waals surface area contributed by atoms with Crippen LogP contribution < -0.4 is 15.5 Å². The van der Waals surface area contributed by atoms with Crippen molar-refractivity contribution in [3.63, 3.8) is 0 Å². The Kier molecular flexibility index (Phi) is 7.03. The van der Waals surface area contributed by atoms with Crippen LogP contribution in [0.2, 0.25) is 0 Å². The first kappa shape index (κ1) is 20.0. The number of aliphatic hydroxyl groups excluding tert-OH is 1. The molecule has 9 nitrogen and oxygen atoms in total. The van der Waals surface area contributed by atoms with Crippen molar-refractivity contribution in [1.29, 1.82) is 0 Å². The molecule has 0 aliphatic carbocycles. The van der Waals surface area contributed by atoms with E-state index in [1.807, 2.05) is 0 Å². The van der Waals surface area contributed by atoms with E-state index in [1.54, 1.807) is 0 Å². The highest BCUT2D eigenvalue weighted by molar-refractivity contribution is 5.44. The second kappa shape index (κ2) is 9.48. The molecule has 3 heterocycles. The highest BCUT2D eigenvalue weighted by Gasteiger charge is 2.29. The Hall–Kier alpha value is -1.71. The van der Waals surface area contributed by atoms with Gasteiger partial charge in [-0.3, -0.25) is 4.90 Å². The van der Waals surface area contributed by atoms with Crippen molar-refractivity contribution in [1.82, 2.24) is 19.9 Å². The van der Waals surface area contributed by atoms with E-state index in [4.69, 9.17) is 9.84 Å². The predicted octanol–water partition coefficient (Wildman–Crippen LogP) is 0.786. The summed E-state index contributed by atoms with van der Waals surface area (Å²) in [6.45, 7) is 11.5. The molecule has 2 aliphatic rings. The van der Waals surface area contributed by atoms with Gasteiger partial charge in [-0.1, -0.05) is 0 Å². The minimum absolute atomic E-state index is 0.0390. The van der Waals surface area contributed by atoms with Gasteiger partial charge in [0.1, 0.15) is 0 Å². The molecule has 1 atom stereocenters. The molecule has 1 aromatic heterocycles. The lowest BCUT2D eigenvalue weighted by atomic mass is 10.0. The fourth-order valence-corrected chi connectivity index (χ4v) is 3.68. The van der Waals surface area contributed by atoms with Gasteiger partial charge in [-0.05, 0) is 33.6 Å². The van der Waals surface area contributed by atoms with Crippen LogP contribution in [0.25, 0.3) is 0 Å². The summed E-state index contributed by atoms with van der Waals surface area (Å²) in [5, 5.41) is 15.4. The number of nitrogens with zero attached hydrogens (tertiary/aromatic N) is 5. The summed E-state index contributed by atoms with van der Waals surface area (Å²) < 4.78 is 5.67. The Morgan fingerprint density at radius 1 is 1.15 bits per heavy atom. The van der Waals surface area contributed by atoms with Crippen molar-refractivity contribution in [3.8, 4) is 0 Å². The third-order valence-electron chi connectivity index (χ3n) is 4.97. The van der Waals surface area contributed by atoms with Crippen LogP contribution in [0.5, 0.6) is 0 Å². The average molecular weight is 380 g/mol. The normalized spacial score (nSPS) is 22.3. The molecule has 0 spiro atoms. The van der Waals surface area contributed by atoms with Gasteiger partial charge < -0.3 is 25.4 Å². The lowest BCUT2D eigenvalue weighted by molar-refractivity contribution is -0.0374. The van der Waals surface area contributed by atoms with Gasteiger partial charge in [0.25, 0.3) is 0 Å². The summed E-state index contributed by atoms with van der Waals surface area (Å²) in [4.78, 5) is 18.4. The summed E-state index contributed by atoms with van der Waals surface area (Å²) in [5.41, 5.74) is 0. The highest BCUT2D eigenvalue weighted by atomic mass is 16.5. The van der Waals surface area contributed by atoms with E-state index in [-0.39, 0.29) is 12.6 Å². The number of morpholine rings is 1. The molecule has 152 valence electrons. The Morgan fingerprint density at radius 2 is 1.89 bits per heavy atom. The Labute approximate surface area is 161 Å². The molecule has 0 bridgehead atoms. The van der Waals surface area contributed by atoms with Gasteiger partial charge >= 0.3 is 0 Å². The van der Waals surface area contributed by atoms with E-state index in [2.05, 4.69) is 56.2 Å². The summed E-state index contributed by atoms with van der Waals surface area (Å²) in [7, 11) is 0. The Bertz CT molecular complexity index is 593. The Morgan fingerprint density at radius 3 is 2.56 bits per heavy atom. The lowest BCUT2D eigenvalue weighted by Gasteiger charge is -2.41. The molecular formula is C18H33N7O2. The van der Waals surface area contributed by atoms with Crippen LogP contribution in [0.3, 0.4) is 0 Å². The van der Waals surface area contributed by atoms with Crippen LogP contribution in [0, 0.1) is 0 Å². The first-order chi connectivity index (χ1) is 13.0. The van der Waals surface area contributed by atoms with E-state index >= 15 is 0 Å². The number of aromatic nitrogens is 3. The molecule has 0 saturated carbocycles. The molecular weight excluding hydrogens is 346 g/mol. The van der Waals surface area contributed by atoms with Crippen LogP contribution in [0.1, 0.15) is 33.6 Å². The first-order valence-corrected chi connectivity index (χ1v) is 10.0. The zero-order valence-corrected chi connectivity index (χ0v) is 16.7. The maximum Gasteiger partial charge on any atom is 0.231 e. The number of nitrogens with one attached hydrogen (secondary N) is 2. The maximum atomic E-state index is 9.06. The summed E-state index contributed by atoms with van der Waals surface area (Å²) in [5.74, 6) is 1.77. The van der Waals surface area contributed by atoms with E-state index in [0.29, 0.717) is 36.5 Å². The van der Waals surface area contributed by atoms with Gasteiger partial charge in [-0.15, -0.1) is 0 Å². The van der Waals surface area contributed by atoms with Crippen molar-refractivity contribution in [2.45, 2.75) is 51.8 Å². The summed E-state index contributed by atoms with van der Waals surface area (Å²) in [6.07, 6.45) is 2.53. The van der Waals surface area contributed by atoms with E-state index < -0.39 is 0 Å². The lowest BCUT2D eigenvalue weighted by Crippen LogP contribution is -2.51. The van der Waals surface area contributed by atoms with Crippen LogP contribution in [0.4, 0.5) is 17.8 Å². The molecule has 27 heavy (non-hydrogen) atoms.